The number of halogens is 3. The third-order valence-corrected chi connectivity index (χ3v) is 1.31. The molecule has 0 radical (unpaired) electrons. The van der Waals surface area contributed by atoms with Crippen LogP contribution in [0.2, 0.25) is 0 Å². The molecule has 1 aromatic heterocycles. The molecule has 0 fully saturated rings. The van der Waals surface area contributed by atoms with Crippen molar-refractivity contribution in [1.29, 1.82) is 0 Å². The van der Waals surface area contributed by atoms with Gasteiger partial charge in [-0.25, -0.2) is 9.59 Å². The Morgan fingerprint density at radius 3 is 2.14 bits per heavy atom. The van der Waals surface area contributed by atoms with Gasteiger partial charge in [-0.3, -0.25) is 4.79 Å². The van der Waals surface area contributed by atoms with Gasteiger partial charge in [0.25, 0.3) is 0 Å². The molecule has 0 aliphatic rings. The minimum atomic E-state index is -2.21. The van der Waals surface area contributed by atoms with Crippen LogP contribution in [0.5, 0.6) is 0 Å². The minimum absolute atomic E-state index is 1.31. The zero-order valence-corrected chi connectivity index (χ0v) is 6.20. The van der Waals surface area contributed by atoms with Crippen molar-refractivity contribution in [3.63, 3.8) is 0 Å². The summed E-state index contributed by atoms with van der Waals surface area (Å²) in [6, 6.07) is 0. The van der Waals surface area contributed by atoms with Crippen LogP contribution in [-0.4, -0.2) is 20.7 Å². The van der Waals surface area contributed by atoms with Crippen LogP contribution in [-0.2, 0) is 0 Å². The molecule has 76 valence electrons. The number of aromatic carboxylic acids is 1. The number of carbonyl (C=O) groups is 1. The Hall–Kier alpha value is -2.06. The summed E-state index contributed by atoms with van der Waals surface area (Å²) in [5, 5.41) is 8.18. The van der Waals surface area contributed by atoms with Crippen molar-refractivity contribution < 1.29 is 23.3 Å². The number of hydrogen-bond acceptors (Lipinski definition) is 3. The molecule has 0 unspecified atom stereocenters. The maximum atomic E-state index is 12.6. The van der Waals surface area contributed by atoms with Gasteiger partial charge in [-0.2, -0.15) is 4.39 Å². The predicted octanol–water partition coefficient (Wildman–Crippen LogP) is -0.688. The van der Waals surface area contributed by atoms with Crippen LogP contribution in [0.15, 0.2) is 9.59 Å². The maximum absolute atomic E-state index is 12.6. The van der Waals surface area contributed by atoms with E-state index in [-0.39, 0.29) is 0 Å². The van der Waals surface area contributed by atoms with Crippen molar-refractivity contribution in [2.24, 2.45) is 0 Å². The molecule has 6 nitrogen and oxygen atoms in total. The highest BCUT2D eigenvalue weighted by atomic mass is 19.2. The van der Waals surface area contributed by atoms with E-state index in [1.165, 1.54) is 0 Å². The molecule has 1 rings (SSSR count). The lowest BCUT2D eigenvalue weighted by Crippen LogP contribution is -2.39. The summed E-state index contributed by atoms with van der Waals surface area (Å²) in [6.45, 7) is 0. The van der Waals surface area contributed by atoms with E-state index < -0.39 is 38.3 Å². The van der Waals surface area contributed by atoms with Crippen LogP contribution < -0.4 is 11.2 Å². The van der Waals surface area contributed by atoms with E-state index in [1.54, 1.807) is 0 Å². The Labute approximate surface area is 72.3 Å². The van der Waals surface area contributed by atoms with Crippen molar-refractivity contribution in [1.82, 2.24) is 9.58 Å². The van der Waals surface area contributed by atoms with Gasteiger partial charge in [-0.05, 0) is 0 Å². The SMILES string of the molecule is O=C(O)c1c(F)c(=O)n(F)c(=O)n1F. The molecule has 0 aliphatic heterocycles. The zero-order valence-electron chi connectivity index (χ0n) is 6.20. The van der Waals surface area contributed by atoms with Crippen LogP contribution in [0.1, 0.15) is 10.5 Å². The monoisotopic (exact) mass is 210 g/mol. The number of rotatable bonds is 1. The molecule has 9 heteroatoms. The molecule has 0 atom stereocenters. The first kappa shape index (κ1) is 10.0. The van der Waals surface area contributed by atoms with Crippen LogP contribution >= 0.6 is 0 Å². The lowest BCUT2D eigenvalue weighted by atomic mass is 10.4. The normalized spacial score (nSPS) is 10.2. The average molecular weight is 210 g/mol. The van der Waals surface area contributed by atoms with E-state index in [4.69, 9.17) is 5.11 Å². The molecule has 0 saturated carbocycles. The molecule has 1 heterocycles. The van der Waals surface area contributed by atoms with Crippen LogP contribution in [0, 0.1) is 5.82 Å². The summed E-state index contributed by atoms with van der Waals surface area (Å²) in [7, 11) is 0. The number of nitrogens with zero attached hydrogens (tertiary/aromatic N) is 2. The summed E-state index contributed by atoms with van der Waals surface area (Å²) in [5.74, 6) is -4.39. The zero-order chi connectivity index (χ0) is 11.0. The highest BCUT2D eigenvalue weighted by molar-refractivity contribution is 5.85. The Morgan fingerprint density at radius 2 is 1.71 bits per heavy atom. The lowest BCUT2D eigenvalue weighted by Gasteiger charge is -2.00. The smallest absolute Gasteiger partial charge is 0.389 e. The van der Waals surface area contributed by atoms with Gasteiger partial charge >= 0.3 is 17.2 Å². The fourth-order valence-electron chi connectivity index (χ4n) is 0.711. The Bertz CT molecular complexity index is 480. The molecule has 14 heavy (non-hydrogen) atoms. The largest absolute Gasteiger partial charge is 0.476 e. The lowest BCUT2D eigenvalue weighted by molar-refractivity contribution is 0.0654. The Morgan fingerprint density at radius 1 is 1.21 bits per heavy atom. The van der Waals surface area contributed by atoms with Crippen molar-refractivity contribution in [2.75, 3.05) is 0 Å². The fraction of sp³-hybridized carbons (Fsp3) is 0. The van der Waals surface area contributed by atoms with E-state index in [0.717, 1.165) is 0 Å². The van der Waals surface area contributed by atoms with Crippen molar-refractivity contribution in [3.8, 4) is 0 Å². The molecule has 1 aromatic rings. The van der Waals surface area contributed by atoms with Gasteiger partial charge in [0.1, 0.15) is 0 Å². The first-order valence-electron chi connectivity index (χ1n) is 3.01. The topological polar surface area (TPSA) is 81.3 Å². The average Bonchev–Trinajstić information content (AvgIpc) is 2.11. The molecular weight excluding hydrogens is 209 g/mol. The summed E-state index contributed by atoms with van der Waals surface area (Å²) in [5.41, 5.74) is -6.20. The van der Waals surface area contributed by atoms with Gasteiger partial charge in [0, 0.05) is 0 Å². The third kappa shape index (κ3) is 1.18. The van der Waals surface area contributed by atoms with Crippen LogP contribution in [0.3, 0.4) is 0 Å². The van der Waals surface area contributed by atoms with Gasteiger partial charge in [-0.1, -0.05) is 13.8 Å². The van der Waals surface area contributed by atoms with Crippen molar-refractivity contribution in [3.05, 3.63) is 32.3 Å². The second-order valence-corrected chi connectivity index (χ2v) is 2.12. The summed E-state index contributed by atoms with van der Waals surface area (Å²) < 4.78 is 37.4. The van der Waals surface area contributed by atoms with E-state index in [0.29, 0.717) is 0 Å². The van der Waals surface area contributed by atoms with Gasteiger partial charge in [0.05, 0.1) is 0 Å². The second kappa shape index (κ2) is 3.01. The predicted molar refractivity (Wildman–Crippen MR) is 34.9 cm³/mol. The van der Waals surface area contributed by atoms with Crippen LogP contribution in [0.4, 0.5) is 13.4 Å². The van der Waals surface area contributed by atoms with Gasteiger partial charge in [0.2, 0.25) is 11.5 Å². The van der Waals surface area contributed by atoms with Crippen molar-refractivity contribution in [2.45, 2.75) is 0 Å². The molecule has 0 bridgehead atoms. The summed E-state index contributed by atoms with van der Waals surface area (Å²) in [4.78, 5) is 28.3. The molecule has 1 N–H and O–H groups in total. The van der Waals surface area contributed by atoms with E-state index >= 15 is 0 Å². The molecule has 0 saturated heterocycles. The number of hydrogen-bond donors (Lipinski definition) is 1. The van der Waals surface area contributed by atoms with E-state index in [2.05, 4.69) is 0 Å². The molecule has 0 spiro atoms. The van der Waals surface area contributed by atoms with Gasteiger partial charge in [0.15, 0.2) is 0 Å². The number of carboxylic acids is 1. The summed E-state index contributed by atoms with van der Waals surface area (Å²) in [6.07, 6.45) is 0. The fourth-order valence-corrected chi connectivity index (χ4v) is 0.711. The van der Waals surface area contributed by atoms with Crippen LogP contribution in [0.25, 0.3) is 0 Å². The number of carboxylic acid groups (broad SMARTS) is 1. The maximum Gasteiger partial charge on any atom is 0.389 e. The molecule has 0 amide bonds. The van der Waals surface area contributed by atoms with E-state index in [9.17, 15) is 27.7 Å². The second-order valence-electron chi connectivity index (χ2n) is 2.12. The standard InChI is InChI=1S/C5HF3N2O4/c6-1-2(4(12)13)9(7)5(14)10(8)3(1)11/h(H,12,13). The molecule has 0 aromatic carbocycles. The van der Waals surface area contributed by atoms with E-state index in [1.807, 2.05) is 0 Å². The van der Waals surface area contributed by atoms with Gasteiger partial charge in [-0.15, -0.1) is 4.79 Å². The third-order valence-electron chi connectivity index (χ3n) is 1.31. The minimum Gasteiger partial charge on any atom is -0.476 e. The highest BCUT2D eigenvalue weighted by Crippen LogP contribution is 1.99. The molecule has 0 aliphatic carbocycles. The summed E-state index contributed by atoms with van der Waals surface area (Å²) >= 11 is 0. The molecular formula is C5HF3N2O4. The van der Waals surface area contributed by atoms with Crippen molar-refractivity contribution >= 4 is 5.97 Å². The highest BCUT2D eigenvalue weighted by Gasteiger charge is 2.24. The number of aromatic nitrogens is 2. The Kier molecular flexibility index (Phi) is 2.16. The Balaban J connectivity index is 3.88. The quantitative estimate of drug-likeness (QED) is 0.665. The van der Waals surface area contributed by atoms with Gasteiger partial charge < -0.3 is 5.11 Å². The first-order valence-corrected chi connectivity index (χ1v) is 3.01. The first-order chi connectivity index (χ1) is 6.37.